The third-order valence-electron chi connectivity index (χ3n) is 3.65. The van der Waals surface area contributed by atoms with Crippen LogP contribution in [0.25, 0.3) is 0 Å². The van der Waals surface area contributed by atoms with E-state index in [2.05, 4.69) is 59.0 Å². The first kappa shape index (κ1) is 14.3. The standard InChI is InChI=1S/C14H25NOSi/c1-11-9-12(10-15)7-8-13(11)16-17(5,6)14(2,3)4/h7-9H,10,15H2,1-6H3. The first-order valence-electron chi connectivity index (χ1n) is 6.16. The molecule has 1 rings (SSSR count). The first-order valence-corrected chi connectivity index (χ1v) is 9.07. The largest absolute Gasteiger partial charge is 0.543 e. The van der Waals surface area contributed by atoms with E-state index in [-0.39, 0.29) is 5.04 Å². The lowest BCUT2D eigenvalue weighted by Crippen LogP contribution is -2.44. The second-order valence-corrected chi connectivity index (χ2v) is 10.9. The third kappa shape index (κ3) is 3.33. The molecule has 0 unspecified atom stereocenters. The van der Waals surface area contributed by atoms with Gasteiger partial charge in [0.25, 0.3) is 0 Å². The Bertz CT molecular complexity index is 394. The molecule has 0 aromatic heterocycles. The number of hydrogen-bond donors (Lipinski definition) is 1. The Balaban J connectivity index is 2.96. The Hall–Kier alpha value is -0.803. The highest BCUT2D eigenvalue weighted by Crippen LogP contribution is 2.38. The molecule has 0 saturated carbocycles. The minimum absolute atomic E-state index is 0.228. The van der Waals surface area contributed by atoms with Crippen molar-refractivity contribution in [2.24, 2.45) is 5.73 Å². The Morgan fingerprint density at radius 2 is 1.82 bits per heavy atom. The molecule has 0 fully saturated rings. The maximum Gasteiger partial charge on any atom is 0.250 e. The van der Waals surface area contributed by atoms with Gasteiger partial charge in [0, 0.05) is 6.54 Å². The van der Waals surface area contributed by atoms with Gasteiger partial charge in [-0.3, -0.25) is 0 Å². The fraction of sp³-hybridized carbons (Fsp3) is 0.571. The molecule has 0 aliphatic carbocycles. The molecule has 1 aromatic carbocycles. The van der Waals surface area contributed by atoms with Crippen molar-refractivity contribution in [2.45, 2.75) is 52.4 Å². The SMILES string of the molecule is Cc1cc(CN)ccc1O[Si](C)(C)C(C)(C)C. The van der Waals surface area contributed by atoms with Gasteiger partial charge in [-0.2, -0.15) is 0 Å². The van der Waals surface area contributed by atoms with Crippen molar-refractivity contribution in [3.05, 3.63) is 29.3 Å². The van der Waals surface area contributed by atoms with Crippen LogP contribution in [0.15, 0.2) is 18.2 Å². The van der Waals surface area contributed by atoms with Crippen LogP contribution in [-0.2, 0) is 6.54 Å². The van der Waals surface area contributed by atoms with Crippen molar-refractivity contribution in [3.63, 3.8) is 0 Å². The van der Waals surface area contributed by atoms with E-state index in [0.29, 0.717) is 6.54 Å². The molecule has 2 N–H and O–H groups in total. The molecule has 1 aromatic rings. The number of nitrogens with two attached hydrogens (primary N) is 1. The zero-order valence-electron chi connectivity index (χ0n) is 11.9. The quantitative estimate of drug-likeness (QED) is 0.828. The van der Waals surface area contributed by atoms with Gasteiger partial charge in [0.05, 0.1) is 0 Å². The number of rotatable bonds is 3. The van der Waals surface area contributed by atoms with Gasteiger partial charge in [-0.25, -0.2) is 0 Å². The van der Waals surface area contributed by atoms with Gasteiger partial charge in [-0.05, 0) is 42.2 Å². The van der Waals surface area contributed by atoms with Gasteiger partial charge in [0.15, 0.2) is 0 Å². The molecular formula is C14H25NOSi. The molecule has 96 valence electrons. The molecule has 0 bridgehead atoms. The molecule has 2 nitrogen and oxygen atoms in total. The Morgan fingerprint density at radius 3 is 2.24 bits per heavy atom. The van der Waals surface area contributed by atoms with Crippen molar-refractivity contribution in [2.75, 3.05) is 0 Å². The highest BCUT2D eigenvalue weighted by molar-refractivity contribution is 6.74. The van der Waals surface area contributed by atoms with E-state index >= 15 is 0 Å². The maximum absolute atomic E-state index is 6.29. The molecule has 0 amide bonds. The Morgan fingerprint density at radius 1 is 1.24 bits per heavy atom. The minimum atomic E-state index is -1.74. The summed E-state index contributed by atoms with van der Waals surface area (Å²) >= 11 is 0. The van der Waals surface area contributed by atoms with Crippen LogP contribution in [0.5, 0.6) is 5.75 Å². The summed E-state index contributed by atoms with van der Waals surface area (Å²) in [5.41, 5.74) is 7.97. The van der Waals surface area contributed by atoms with Crippen LogP contribution in [0.3, 0.4) is 0 Å². The highest BCUT2D eigenvalue weighted by Gasteiger charge is 2.39. The van der Waals surface area contributed by atoms with Crippen LogP contribution in [0.2, 0.25) is 18.1 Å². The predicted octanol–water partition coefficient (Wildman–Crippen LogP) is 3.84. The molecule has 0 aliphatic heterocycles. The van der Waals surface area contributed by atoms with Crippen molar-refractivity contribution < 1.29 is 4.43 Å². The van der Waals surface area contributed by atoms with Gasteiger partial charge in [0.1, 0.15) is 5.75 Å². The maximum atomic E-state index is 6.29. The first-order chi connectivity index (χ1) is 7.67. The normalized spacial score (nSPS) is 12.6. The van der Waals surface area contributed by atoms with Gasteiger partial charge in [-0.15, -0.1) is 0 Å². The van der Waals surface area contributed by atoms with Crippen LogP contribution < -0.4 is 10.2 Å². The molecule has 0 aliphatic rings. The highest BCUT2D eigenvalue weighted by atomic mass is 28.4. The van der Waals surface area contributed by atoms with E-state index in [1.165, 1.54) is 5.56 Å². The smallest absolute Gasteiger partial charge is 0.250 e. The average molecular weight is 251 g/mol. The van der Waals surface area contributed by atoms with E-state index in [4.69, 9.17) is 10.2 Å². The van der Waals surface area contributed by atoms with Crippen LogP contribution in [-0.4, -0.2) is 8.32 Å². The molecule has 0 heterocycles. The van der Waals surface area contributed by atoms with Crippen LogP contribution >= 0.6 is 0 Å². The summed E-state index contributed by atoms with van der Waals surface area (Å²) in [7, 11) is -1.74. The van der Waals surface area contributed by atoms with E-state index in [9.17, 15) is 0 Å². The monoisotopic (exact) mass is 251 g/mol. The average Bonchev–Trinajstić information content (AvgIpc) is 2.19. The minimum Gasteiger partial charge on any atom is -0.543 e. The summed E-state index contributed by atoms with van der Waals surface area (Å²) < 4.78 is 6.29. The van der Waals surface area contributed by atoms with Gasteiger partial charge in [-0.1, -0.05) is 32.9 Å². The number of hydrogen-bond acceptors (Lipinski definition) is 2. The van der Waals surface area contributed by atoms with Crippen LogP contribution in [0, 0.1) is 6.92 Å². The molecule has 3 heteroatoms. The van der Waals surface area contributed by atoms with Crippen molar-refractivity contribution in [3.8, 4) is 5.75 Å². The molecule has 0 atom stereocenters. The molecular weight excluding hydrogens is 226 g/mol. The fourth-order valence-electron chi connectivity index (χ4n) is 1.38. The van der Waals surface area contributed by atoms with Crippen molar-refractivity contribution >= 4 is 8.32 Å². The van der Waals surface area contributed by atoms with Crippen LogP contribution in [0.1, 0.15) is 31.9 Å². The van der Waals surface area contributed by atoms with E-state index < -0.39 is 8.32 Å². The van der Waals surface area contributed by atoms with E-state index in [1.807, 2.05) is 0 Å². The summed E-state index contributed by atoms with van der Waals surface area (Å²) in [6, 6.07) is 6.22. The second kappa shape index (κ2) is 4.82. The lowest BCUT2D eigenvalue weighted by atomic mass is 10.1. The molecule has 0 saturated heterocycles. The predicted molar refractivity (Wildman–Crippen MR) is 76.9 cm³/mol. The molecule has 0 radical (unpaired) electrons. The topological polar surface area (TPSA) is 35.2 Å². The number of aryl methyl sites for hydroxylation is 1. The Kier molecular flexibility index (Phi) is 4.05. The zero-order valence-corrected chi connectivity index (χ0v) is 12.9. The summed E-state index contributed by atoms with van der Waals surface area (Å²) in [4.78, 5) is 0. The molecule has 17 heavy (non-hydrogen) atoms. The summed E-state index contributed by atoms with van der Waals surface area (Å²) in [6.45, 7) is 14.0. The van der Waals surface area contributed by atoms with E-state index in [0.717, 1.165) is 11.3 Å². The lowest BCUT2D eigenvalue weighted by Gasteiger charge is -2.37. The Labute approximate surface area is 106 Å². The fourth-order valence-corrected chi connectivity index (χ4v) is 2.47. The van der Waals surface area contributed by atoms with Crippen molar-refractivity contribution in [1.82, 2.24) is 0 Å². The summed E-state index contributed by atoms with van der Waals surface area (Å²) in [5, 5.41) is 0.228. The van der Waals surface area contributed by atoms with E-state index in [1.54, 1.807) is 0 Å². The van der Waals surface area contributed by atoms with Crippen LogP contribution in [0.4, 0.5) is 0 Å². The van der Waals surface area contributed by atoms with Gasteiger partial charge in [0.2, 0.25) is 8.32 Å². The lowest BCUT2D eigenvalue weighted by molar-refractivity contribution is 0.489. The molecule has 0 spiro atoms. The zero-order chi connectivity index (χ0) is 13.3. The summed E-state index contributed by atoms with van der Waals surface area (Å²) in [6.07, 6.45) is 0. The summed E-state index contributed by atoms with van der Waals surface area (Å²) in [5.74, 6) is 1.01. The number of benzene rings is 1. The van der Waals surface area contributed by atoms with Crippen molar-refractivity contribution in [1.29, 1.82) is 0 Å². The van der Waals surface area contributed by atoms with Gasteiger partial charge >= 0.3 is 0 Å². The third-order valence-corrected chi connectivity index (χ3v) is 7.99. The second-order valence-electron chi connectivity index (χ2n) is 6.17. The van der Waals surface area contributed by atoms with Gasteiger partial charge < -0.3 is 10.2 Å².